The molecule has 0 bridgehead atoms. The average molecular weight is 267 g/mol. The fraction of sp³-hybridized carbons (Fsp3) is 0.462. The van der Waals surface area contributed by atoms with Gasteiger partial charge in [-0.1, -0.05) is 48.3 Å². The third-order valence-electron chi connectivity index (χ3n) is 3.42. The standard InChI is InChI=1S/C13H15ClN2S/c14-10-5-2-6-11-12(10)17-13(16-11)15-8-7-9-3-1-4-9/h2,5-6,9H,1,3-4,7-8H2,(H,15,16). The monoisotopic (exact) mass is 266 g/mol. The molecule has 4 heteroatoms. The Hall–Kier alpha value is -0.800. The molecule has 2 aromatic rings. The summed E-state index contributed by atoms with van der Waals surface area (Å²) in [4.78, 5) is 4.54. The quantitative estimate of drug-likeness (QED) is 0.878. The zero-order chi connectivity index (χ0) is 11.7. The van der Waals surface area contributed by atoms with Crippen LogP contribution in [0.3, 0.4) is 0 Å². The van der Waals surface area contributed by atoms with Gasteiger partial charge in [-0.05, 0) is 24.5 Å². The second kappa shape index (κ2) is 4.83. The van der Waals surface area contributed by atoms with Gasteiger partial charge in [0.15, 0.2) is 5.13 Å². The Morgan fingerprint density at radius 1 is 1.41 bits per heavy atom. The summed E-state index contributed by atoms with van der Waals surface area (Å²) in [6.07, 6.45) is 5.51. The molecule has 1 aromatic heterocycles. The van der Waals surface area contributed by atoms with E-state index in [2.05, 4.69) is 10.3 Å². The number of halogens is 1. The normalized spacial score (nSPS) is 16.1. The number of aromatic nitrogens is 1. The van der Waals surface area contributed by atoms with Crippen LogP contribution in [0.1, 0.15) is 25.7 Å². The van der Waals surface area contributed by atoms with Gasteiger partial charge in [-0.15, -0.1) is 0 Å². The van der Waals surface area contributed by atoms with Gasteiger partial charge in [0, 0.05) is 6.54 Å². The van der Waals surface area contributed by atoms with Gasteiger partial charge in [-0.3, -0.25) is 0 Å². The van der Waals surface area contributed by atoms with E-state index in [1.807, 2.05) is 18.2 Å². The lowest BCUT2D eigenvalue weighted by Gasteiger charge is -2.24. The van der Waals surface area contributed by atoms with E-state index in [9.17, 15) is 0 Å². The lowest BCUT2D eigenvalue weighted by atomic mass is 9.83. The summed E-state index contributed by atoms with van der Waals surface area (Å²) >= 11 is 7.78. The molecule has 3 rings (SSSR count). The number of hydrogen-bond donors (Lipinski definition) is 1. The maximum absolute atomic E-state index is 6.13. The highest BCUT2D eigenvalue weighted by Crippen LogP contribution is 2.32. The first-order chi connectivity index (χ1) is 8.33. The average Bonchev–Trinajstić information content (AvgIpc) is 2.66. The molecule has 90 valence electrons. The summed E-state index contributed by atoms with van der Waals surface area (Å²) in [5.41, 5.74) is 0.994. The van der Waals surface area contributed by atoms with Crippen LogP contribution in [-0.4, -0.2) is 11.5 Å². The number of nitrogens with one attached hydrogen (secondary N) is 1. The molecular weight excluding hydrogens is 252 g/mol. The van der Waals surface area contributed by atoms with Crippen LogP contribution in [0.25, 0.3) is 10.2 Å². The largest absolute Gasteiger partial charge is 0.361 e. The van der Waals surface area contributed by atoms with E-state index in [4.69, 9.17) is 11.6 Å². The summed E-state index contributed by atoms with van der Waals surface area (Å²) in [6, 6.07) is 5.87. The second-order valence-corrected chi connectivity index (χ2v) is 6.03. The van der Waals surface area contributed by atoms with Gasteiger partial charge in [-0.2, -0.15) is 0 Å². The number of anilines is 1. The Bertz CT molecular complexity index is 519. The van der Waals surface area contributed by atoms with Crippen molar-refractivity contribution in [2.75, 3.05) is 11.9 Å². The summed E-state index contributed by atoms with van der Waals surface area (Å²) in [7, 11) is 0. The molecule has 0 radical (unpaired) electrons. The molecule has 0 saturated heterocycles. The van der Waals surface area contributed by atoms with Crippen molar-refractivity contribution >= 4 is 38.3 Å². The summed E-state index contributed by atoms with van der Waals surface area (Å²) in [5.74, 6) is 0.945. The Morgan fingerprint density at radius 2 is 2.29 bits per heavy atom. The summed E-state index contributed by atoms with van der Waals surface area (Å²) in [5, 5.41) is 5.20. The Kier molecular flexibility index (Phi) is 3.21. The highest BCUT2D eigenvalue weighted by Gasteiger charge is 2.16. The molecule has 0 aliphatic heterocycles. The van der Waals surface area contributed by atoms with E-state index in [1.165, 1.54) is 25.7 Å². The molecule has 1 aliphatic carbocycles. The van der Waals surface area contributed by atoms with Crippen molar-refractivity contribution in [3.8, 4) is 0 Å². The third kappa shape index (κ3) is 2.40. The van der Waals surface area contributed by atoms with Crippen LogP contribution in [0.4, 0.5) is 5.13 Å². The molecule has 0 atom stereocenters. The maximum Gasteiger partial charge on any atom is 0.183 e. The SMILES string of the molecule is Clc1cccc2nc(NCCC3CCC3)sc12. The molecular formula is C13H15ClN2S. The first-order valence-electron chi connectivity index (χ1n) is 6.12. The minimum atomic E-state index is 0.798. The number of hydrogen-bond acceptors (Lipinski definition) is 3. The Balaban J connectivity index is 1.66. The van der Waals surface area contributed by atoms with Crippen molar-refractivity contribution in [2.45, 2.75) is 25.7 Å². The van der Waals surface area contributed by atoms with E-state index < -0.39 is 0 Å². The molecule has 17 heavy (non-hydrogen) atoms. The van der Waals surface area contributed by atoms with Crippen LogP contribution in [0.15, 0.2) is 18.2 Å². The first kappa shape index (κ1) is 11.3. The Labute approximate surface area is 110 Å². The van der Waals surface area contributed by atoms with Crippen LogP contribution in [-0.2, 0) is 0 Å². The van der Waals surface area contributed by atoms with Crippen molar-refractivity contribution < 1.29 is 0 Å². The molecule has 1 saturated carbocycles. The van der Waals surface area contributed by atoms with Crippen LogP contribution < -0.4 is 5.32 Å². The topological polar surface area (TPSA) is 24.9 Å². The minimum absolute atomic E-state index is 0.798. The molecule has 0 unspecified atom stereocenters. The zero-order valence-corrected chi connectivity index (χ0v) is 11.2. The summed E-state index contributed by atoms with van der Waals surface area (Å²) in [6.45, 7) is 1.03. The van der Waals surface area contributed by atoms with E-state index in [0.29, 0.717) is 0 Å². The van der Waals surface area contributed by atoms with E-state index in [1.54, 1.807) is 11.3 Å². The fourth-order valence-corrected chi connectivity index (χ4v) is 3.34. The van der Waals surface area contributed by atoms with E-state index >= 15 is 0 Å². The third-order valence-corrected chi connectivity index (χ3v) is 4.91. The van der Waals surface area contributed by atoms with Crippen LogP contribution in [0.5, 0.6) is 0 Å². The van der Waals surface area contributed by atoms with E-state index in [0.717, 1.165) is 32.8 Å². The van der Waals surface area contributed by atoms with Crippen molar-refractivity contribution in [1.82, 2.24) is 4.98 Å². The number of fused-ring (bicyclic) bond motifs is 1. The fourth-order valence-electron chi connectivity index (χ4n) is 2.16. The van der Waals surface area contributed by atoms with Crippen LogP contribution in [0, 0.1) is 5.92 Å². The van der Waals surface area contributed by atoms with Gasteiger partial charge in [0.05, 0.1) is 15.2 Å². The lowest BCUT2D eigenvalue weighted by molar-refractivity contribution is 0.303. The maximum atomic E-state index is 6.13. The highest BCUT2D eigenvalue weighted by atomic mass is 35.5. The van der Waals surface area contributed by atoms with Gasteiger partial charge >= 0.3 is 0 Å². The zero-order valence-electron chi connectivity index (χ0n) is 9.58. The predicted octanol–water partition coefficient (Wildman–Crippen LogP) is 4.55. The van der Waals surface area contributed by atoms with Gasteiger partial charge in [0.25, 0.3) is 0 Å². The molecule has 1 aromatic carbocycles. The summed E-state index contributed by atoms with van der Waals surface area (Å²) < 4.78 is 1.08. The van der Waals surface area contributed by atoms with Crippen LogP contribution in [0.2, 0.25) is 5.02 Å². The molecule has 1 aliphatic rings. The number of benzene rings is 1. The highest BCUT2D eigenvalue weighted by molar-refractivity contribution is 7.22. The second-order valence-electron chi connectivity index (χ2n) is 4.62. The van der Waals surface area contributed by atoms with Crippen molar-refractivity contribution in [1.29, 1.82) is 0 Å². The van der Waals surface area contributed by atoms with Crippen molar-refractivity contribution in [2.24, 2.45) is 5.92 Å². The molecule has 1 fully saturated rings. The molecule has 2 nitrogen and oxygen atoms in total. The first-order valence-corrected chi connectivity index (χ1v) is 7.31. The van der Waals surface area contributed by atoms with Gasteiger partial charge in [0.2, 0.25) is 0 Å². The predicted molar refractivity (Wildman–Crippen MR) is 75.1 cm³/mol. The van der Waals surface area contributed by atoms with Crippen molar-refractivity contribution in [3.63, 3.8) is 0 Å². The molecule has 0 amide bonds. The molecule has 1 heterocycles. The van der Waals surface area contributed by atoms with Crippen molar-refractivity contribution in [3.05, 3.63) is 23.2 Å². The minimum Gasteiger partial charge on any atom is -0.361 e. The lowest BCUT2D eigenvalue weighted by Crippen LogP contribution is -2.15. The van der Waals surface area contributed by atoms with Crippen LogP contribution >= 0.6 is 22.9 Å². The molecule has 1 N–H and O–H groups in total. The van der Waals surface area contributed by atoms with Gasteiger partial charge in [-0.25, -0.2) is 4.98 Å². The number of rotatable bonds is 4. The Morgan fingerprint density at radius 3 is 3.00 bits per heavy atom. The smallest absolute Gasteiger partial charge is 0.183 e. The van der Waals surface area contributed by atoms with Gasteiger partial charge < -0.3 is 5.32 Å². The van der Waals surface area contributed by atoms with E-state index in [-0.39, 0.29) is 0 Å². The number of nitrogens with zero attached hydrogens (tertiary/aromatic N) is 1. The number of thiazole rings is 1. The van der Waals surface area contributed by atoms with Gasteiger partial charge in [0.1, 0.15) is 0 Å². The molecule has 0 spiro atoms.